The van der Waals surface area contributed by atoms with E-state index in [1.54, 1.807) is 0 Å². The van der Waals surface area contributed by atoms with Crippen molar-refractivity contribution in [2.24, 2.45) is 0 Å². The Balaban J connectivity index is 0.00000128. The summed E-state index contributed by atoms with van der Waals surface area (Å²) in [5.74, 6) is 0. The predicted molar refractivity (Wildman–Crippen MR) is 66.4 cm³/mol. The van der Waals surface area contributed by atoms with E-state index in [-0.39, 0.29) is 6.15 Å². The summed E-state index contributed by atoms with van der Waals surface area (Å²) in [6.45, 7) is 2.06. The lowest BCUT2D eigenvalue weighted by atomic mass is 10.00. The Morgan fingerprint density at radius 1 is 0.938 bits per heavy atom. The Morgan fingerprint density at radius 3 is 2.19 bits per heavy atom. The van der Waals surface area contributed by atoms with Crippen molar-refractivity contribution in [3.8, 4) is 17.2 Å². The zero-order chi connectivity index (χ0) is 10.7. The molecule has 0 aromatic heterocycles. The van der Waals surface area contributed by atoms with Gasteiger partial charge in [-0.1, -0.05) is 48.0 Å². The van der Waals surface area contributed by atoms with Crippen LogP contribution in [0.2, 0.25) is 0 Å². The van der Waals surface area contributed by atoms with Gasteiger partial charge in [0.2, 0.25) is 0 Å². The van der Waals surface area contributed by atoms with Gasteiger partial charge >= 0.3 is 0 Å². The van der Waals surface area contributed by atoms with Crippen LogP contribution in [-0.2, 0) is 0 Å². The van der Waals surface area contributed by atoms with Gasteiger partial charge in [0.25, 0.3) is 0 Å². The number of nitrogens with zero attached hydrogens (tertiary/aromatic N) is 1. The van der Waals surface area contributed by atoms with Crippen LogP contribution in [-0.4, -0.2) is 0 Å². The van der Waals surface area contributed by atoms with E-state index in [4.69, 9.17) is 5.26 Å². The first kappa shape index (κ1) is 12.0. The van der Waals surface area contributed by atoms with Crippen molar-refractivity contribution in [2.75, 3.05) is 0 Å². The fourth-order valence-corrected chi connectivity index (χ4v) is 1.57. The molecule has 2 nitrogen and oxygen atoms in total. The smallest absolute Gasteiger partial charge is 0.0998 e. The normalized spacial score (nSPS) is 9.00. The highest BCUT2D eigenvalue weighted by molar-refractivity contribution is 5.70. The van der Waals surface area contributed by atoms with Crippen LogP contribution in [0, 0.1) is 18.3 Å². The summed E-state index contributed by atoms with van der Waals surface area (Å²) in [5.41, 5.74) is 4.05. The molecule has 0 bridgehead atoms. The zero-order valence-electron chi connectivity index (χ0n) is 9.27. The summed E-state index contributed by atoms with van der Waals surface area (Å²) in [6, 6.07) is 18.1. The first-order chi connectivity index (χ1) is 7.31. The SMILES string of the molecule is Cc1ccc(-c2ccccc2C#N)cc1.N. The van der Waals surface area contributed by atoms with E-state index in [2.05, 4.69) is 25.1 Å². The fraction of sp³-hybridized carbons (Fsp3) is 0.0714. The van der Waals surface area contributed by atoms with E-state index in [1.807, 2.05) is 36.4 Å². The molecule has 2 aromatic rings. The van der Waals surface area contributed by atoms with Gasteiger partial charge in [-0.25, -0.2) is 0 Å². The van der Waals surface area contributed by atoms with E-state index < -0.39 is 0 Å². The van der Waals surface area contributed by atoms with Crippen LogP contribution in [0.15, 0.2) is 48.5 Å². The largest absolute Gasteiger partial charge is 0.344 e. The maximum absolute atomic E-state index is 8.98. The monoisotopic (exact) mass is 210 g/mol. The second-order valence-electron chi connectivity index (χ2n) is 3.52. The van der Waals surface area contributed by atoms with Crippen molar-refractivity contribution in [3.05, 3.63) is 59.7 Å². The number of aryl methyl sites for hydroxylation is 1. The molecular formula is C14H14N2. The summed E-state index contributed by atoms with van der Waals surface area (Å²) in [6.07, 6.45) is 0. The average molecular weight is 210 g/mol. The minimum absolute atomic E-state index is 0. The minimum atomic E-state index is 0. The minimum Gasteiger partial charge on any atom is -0.344 e. The van der Waals surface area contributed by atoms with Crippen LogP contribution in [0.3, 0.4) is 0 Å². The first-order valence-electron chi connectivity index (χ1n) is 4.87. The van der Waals surface area contributed by atoms with Gasteiger partial charge in [0.1, 0.15) is 0 Å². The van der Waals surface area contributed by atoms with Gasteiger partial charge in [0.15, 0.2) is 0 Å². The van der Waals surface area contributed by atoms with Crippen molar-refractivity contribution in [1.29, 1.82) is 5.26 Å². The van der Waals surface area contributed by atoms with Gasteiger partial charge in [0.05, 0.1) is 11.6 Å². The van der Waals surface area contributed by atoms with Gasteiger partial charge in [-0.2, -0.15) is 5.26 Å². The molecule has 3 N–H and O–H groups in total. The van der Waals surface area contributed by atoms with Crippen molar-refractivity contribution < 1.29 is 0 Å². The van der Waals surface area contributed by atoms with Gasteiger partial charge in [-0.3, -0.25) is 0 Å². The van der Waals surface area contributed by atoms with Gasteiger partial charge in [-0.05, 0) is 24.1 Å². The summed E-state index contributed by atoms with van der Waals surface area (Å²) < 4.78 is 0. The third kappa shape index (κ3) is 2.28. The lowest BCUT2D eigenvalue weighted by molar-refractivity contribution is 1.45. The molecule has 0 aliphatic rings. The molecule has 2 aromatic carbocycles. The number of nitriles is 1. The van der Waals surface area contributed by atoms with E-state index >= 15 is 0 Å². The summed E-state index contributed by atoms with van der Waals surface area (Å²) in [5, 5.41) is 8.98. The van der Waals surface area contributed by atoms with Crippen LogP contribution >= 0.6 is 0 Å². The van der Waals surface area contributed by atoms with Crippen molar-refractivity contribution in [1.82, 2.24) is 6.15 Å². The molecule has 0 saturated heterocycles. The third-order valence-corrected chi connectivity index (χ3v) is 2.41. The Labute approximate surface area is 95.7 Å². The molecule has 80 valence electrons. The molecule has 2 heteroatoms. The highest BCUT2D eigenvalue weighted by Gasteiger charge is 2.02. The standard InChI is InChI=1S/C14H11N.H3N/c1-11-6-8-12(9-7-11)14-5-3-2-4-13(14)10-15;/h2-9H,1H3;1H3. The van der Waals surface area contributed by atoms with Gasteiger partial charge < -0.3 is 6.15 Å². The molecule has 0 aliphatic carbocycles. The maximum Gasteiger partial charge on any atom is 0.0998 e. The first-order valence-corrected chi connectivity index (χ1v) is 4.87. The quantitative estimate of drug-likeness (QED) is 0.780. The van der Waals surface area contributed by atoms with E-state index in [0.29, 0.717) is 0 Å². The molecule has 0 atom stereocenters. The highest BCUT2D eigenvalue weighted by Crippen LogP contribution is 2.23. The molecule has 0 fully saturated rings. The second-order valence-corrected chi connectivity index (χ2v) is 3.52. The Bertz CT molecular complexity index is 507. The van der Waals surface area contributed by atoms with Gasteiger partial charge in [-0.15, -0.1) is 0 Å². The molecule has 0 radical (unpaired) electrons. The van der Waals surface area contributed by atoms with Crippen LogP contribution < -0.4 is 6.15 Å². The number of hydrogen-bond acceptors (Lipinski definition) is 2. The van der Waals surface area contributed by atoms with Crippen LogP contribution in [0.25, 0.3) is 11.1 Å². The molecule has 0 saturated carbocycles. The van der Waals surface area contributed by atoms with Crippen molar-refractivity contribution in [3.63, 3.8) is 0 Å². The maximum atomic E-state index is 8.98. The van der Waals surface area contributed by atoms with E-state index in [1.165, 1.54) is 5.56 Å². The molecule has 0 amide bonds. The molecular weight excluding hydrogens is 196 g/mol. The molecule has 0 unspecified atom stereocenters. The van der Waals surface area contributed by atoms with Crippen LogP contribution in [0.4, 0.5) is 0 Å². The molecule has 0 aliphatic heterocycles. The molecule has 2 rings (SSSR count). The van der Waals surface area contributed by atoms with Crippen molar-refractivity contribution in [2.45, 2.75) is 6.92 Å². The topological polar surface area (TPSA) is 58.8 Å². The number of benzene rings is 2. The van der Waals surface area contributed by atoms with E-state index in [9.17, 15) is 0 Å². The molecule has 16 heavy (non-hydrogen) atoms. The van der Waals surface area contributed by atoms with E-state index in [0.717, 1.165) is 16.7 Å². The van der Waals surface area contributed by atoms with Crippen molar-refractivity contribution >= 4 is 0 Å². The lowest BCUT2D eigenvalue weighted by Crippen LogP contribution is -1.83. The fourth-order valence-electron chi connectivity index (χ4n) is 1.57. The van der Waals surface area contributed by atoms with Crippen LogP contribution in [0.1, 0.15) is 11.1 Å². The van der Waals surface area contributed by atoms with Crippen LogP contribution in [0.5, 0.6) is 0 Å². The zero-order valence-corrected chi connectivity index (χ0v) is 9.27. The Hall–Kier alpha value is -2.11. The third-order valence-electron chi connectivity index (χ3n) is 2.41. The van der Waals surface area contributed by atoms with Gasteiger partial charge in [0, 0.05) is 0 Å². The lowest BCUT2D eigenvalue weighted by Gasteiger charge is -2.03. The second kappa shape index (κ2) is 5.11. The highest BCUT2D eigenvalue weighted by atomic mass is 14.2. The Morgan fingerprint density at radius 2 is 1.56 bits per heavy atom. The predicted octanol–water partition coefficient (Wildman–Crippen LogP) is 3.70. The number of rotatable bonds is 1. The summed E-state index contributed by atoms with van der Waals surface area (Å²) in [4.78, 5) is 0. The average Bonchev–Trinajstić information content (AvgIpc) is 2.30. The number of hydrogen-bond donors (Lipinski definition) is 1. The summed E-state index contributed by atoms with van der Waals surface area (Å²) >= 11 is 0. The Kier molecular flexibility index (Phi) is 3.82. The molecule has 0 spiro atoms. The molecule has 0 heterocycles. The summed E-state index contributed by atoms with van der Waals surface area (Å²) in [7, 11) is 0.